The minimum atomic E-state index is -4.64. The third kappa shape index (κ3) is 10.6. The van der Waals surface area contributed by atoms with Gasteiger partial charge in [-0.2, -0.15) is 35.1 Å². The molecular weight excluding hydrogens is 544 g/mol. The maximum absolute atomic E-state index is 12.9. The number of benzene rings is 2. The molecule has 0 bridgehead atoms. The van der Waals surface area contributed by atoms with Crippen molar-refractivity contribution in [3.8, 4) is 11.5 Å². The van der Waals surface area contributed by atoms with Crippen LogP contribution in [0.4, 0.5) is 35.1 Å². The highest BCUT2D eigenvalue weighted by molar-refractivity contribution is 5.94. The van der Waals surface area contributed by atoms with E-state index in [4.69, 9.17) is 0 Å². The molecule has 0 saturated heterocycles. The second-order valence-electron chi connectivity index (χ2n) is 8.26. The Hall–Kier alpha value is -3.58. The molecule has 0 aliphatic carbocycles. The first kappa shape index (κ1) is 31.6. The molecule has 0 saturated carbocycles. The molecule has 0 spiro atoms. The normalized spacial score (nSPS) is 11.9. The van der Waals surface area contributed by atoms with E-state index in [-0.39, 0.29) is 11.1 Å². The van der Waals surface area contributed by atoms with Crippen molar-refractivity contribution in [3.63, 3.8) is 0 Å². The third-order valence-corrected chi connectivity index (χ3v) is 5.17. The average Bonchev–Trinajstić information content (AvgIpc) is 2.87. The zero-order valence-electron chi connectivity index (χ0n) is 20.4. The molecular formula is C25H26F8N2O4. The molecule has 2 N–H and O–H groups in total. The Bertz CT molecular complexity index is 968. The van der Waals surface area contributed by atoms with Crippen LogP contribution in [0.25, 0.3) is 0 Å². The lowest BCUT2D eigenvalue weighted by Crippen LogP contribution is -2.33. The van der Waals surface area contributed by atoms with Gasteiger partial charge < -0.3 is 20.1 Å². The summed E-state index contributed by atoms with van der Waals surface area (Å²) in [6.07, 6.45) is -13.6. The van der Waals surface area contributed by atoms with Crippen LogP contribution in [0.15, 0.2) is 48.5 Å². The lowest BCUT2D eigenvalue weighted by atomic mass is 10.1. The Morgan fingerprint density at radius 1 is 0.590 bits per heavy atom. The lowest BCUT2D eigenvalue weighted by Gasteiger charge is -2.16. The molecule has 0 aromatic heterocycles. The molecule has 0 heterocycles. The lowest BCUT2D eigenvalue weighted by molar-refractivity contribution is -0.253. The topological polar surface area (TPSA) is 76.7 Å². The highest BCUT2D eigenvalue weighted by Crippen LogP contribution is 2.28. The maximum Gasteiger partial charge on any atom is 0.461 e. The van der Waals surface area contributed by atoms with E-state index < -0.39 is 48.4 Å². The Morgan fingerprint density at radius 2 is 0.897 bits per heavy atom. The molecule has 0 fully saturated rings. The van der Waals surface area contributed by atoms with E-state index in [9.17, 15) is 44.7 Å². The Balaban J connectivity index is 1.57. The first-order chi connectivity index (χ1) is 18.3. The van der Waals surface area contributed by atoms with Crippen LogP contribution in [0.5, 0.6) is 11.5 Å². The van der Waals surface area contributed by atoms with Crippen molar-refractivity contribution in [1.82, 2.24) is 10.6 Å². The standard InChI is InChI=1S/C25H26F8N2O4/c26-22(27)24(30,31)38-18-10-6-16(7-11-18)20(36)34-14-4-2-1-3-5-15-35-21(37)17-8-12-19(13-9-17)39-25(32,33)23(28)29/h6-13,22-23H,1-5,14-15H2,(H,34,36)(H,35,37). The van der Waals surface area contributed by atoms with Gasteiger partial charge in [-0.05, 0) is 61.4 Å². The van der Waals surface area contributed by atoms with E-state index in [1.165, 1.54) is 24.3 Å². The molecule has 2 aromatic carbocycles. The quantitative estimate of drug-likeness (QED) is 0.184. The summed E-state index contributed by atoms with van der Waals surface area (Å²) >= 11 is 0. The van der Waals surface area contributed by atoms with Crippen molar-refractivity contribution in [1.29, 1.82) is 0 Å². The van der Waals surface area contributed by atoms with Crippen LogP contribution in [-0.2, 0) is 0 Å². The van der Waals surface area contributed by atoms with Gasteiger partial charge in [-0.25, -0.2) is 0 Å². The highest BCUT2D eigenvalue weighted by Gasteiger charge is 2.44. The van der Waals surface area contributed by atoms with Crippen LogP contribution in [0.2, 0.25) is 0 Å². The van der Waals surface area contributed by atoms with Gasteiger partial charge in [0.25, 0.3) is 11.8 Å². The smallest absolute Gasteiger partial charge is 0.428 e. The van der Waals surface area contributed by atoms with Gasteiger partial charge in [0.2, 0.25) is 0 Å². The fraction of sp³-hybridized carbons (Fsp3) is 0.440. The van der Waals surface area contributed by atoms with Gasteiger partial charge in [-0.3, -0.25) is 9.59 Å². The number of ether oxygens (including phenoxy) is 2. The third-order valence-electron chi connectivity index (χ3n) is 5.17. The number of nitrogens with one attached hydrogen (secondary N) is 2. The van der Waals surface area contributed by atoms with Crippen LogP contribution in [0.1, 0.15) is 52.8 Å². The molecule has 2 aromatic rings. The van der Waals surface area contributed by atoms with E-state index in [1.54, 1.807) is 0 Å². The van der Waals surface area contributed by atoms with Gasteiger partial charge in [0.05, 0.1) is 0 Å². The van der Waals surface area contributed by atoms with Crippen LogP contribution in [-0.4, -0.2) is 50.0 Å². The zero-order valence-corrected chi connectivity index (χ0v) is 20.4. The SMILES string of the molecule is O=C(NCCCCCCCNC(=O)c1ccc(OC(F)(F)C(F)F)cc1)c1ccc(OC(F)(F)C(F)F)cc1. The van der Waals surface area contributed by atoms with Crippen molar-refractivity contribution in [2.45, 2.75) is 57.2 Å². The molecule has 14 heteroatoms. The summed E-state index contributed by atoms with van der Waals surface area (Å²) in [5, 5.41) is 5.30. The summed E-state index contributed by atoms with van der Waals surface area (Å²) in [4.78, 5) is 24.2. The van der Waals surface area contributed by atoms with E-state index in [0.717, 1.165) is 43.5 Å². The van der Waals surface area contributed by atoms with E-state index >= 15 is 0 Å². The summed E-state index contributed by atoms with van der Waals surface area (Å²) in [6, 6.07) is 8.67. The molecule has 0 radical (unpaired) electrons. The van der Waals surface area contributed by atoms with Crippen molar-refractivity contribution < 1.29 is 54.2 Å². The number of carbonyl (C=O) groups excluding carboxylic acids is 2. The van der Waals surface area contributed by atoms with Gasteiger partial charge in [0.15, 0.2) is 0 Å². The summed E-state index contributed by atoms with van der Waals surface area (Å²) in [5.74, 6) is -1.94. The van der Waals surface area contributed by atoms with Gasteiger partial charge >= 0.3 is 25.1 Å². The second kappa shape index (κ2) is 14.5. The van der Waals surface area contributed by atoms with Crippen LogP contribution in [0.3, 0.4) is 0 Å². The van der Waals surface area contributed by atoms with Crippen molar-refractivity contribution in [3.05, 3.63) is 59.7 Å². The molecule has 0 aliphatic rings. The monoisotopic (exact) mass is 570 g/mol. The Kier molecular flexibility index (Phi) is 11.8. The van der Waals surface area contributed by atoms with Crippen molar-refractivity contribution in [2.24, 2.45) is 0 Å². The van der Waals surface area contributed by atoms with Gasteiger partial charge in [-0.15, -0.1) is 0 Å². The Morgan fingerprint density at radius 3 is 1.21 bits per heavy atom. The maximum atomic E-state index is 12.9. The molecule has 39 heavy (non-hydrogen) atoms. The minimum Gasteiger partial charge on any atom is -0.428 e. The Labute approximate surface area is 218 Å². The zero-order chi connectivity index (χ0) is 29.1. The first-order valence-corrected chi connectivity index (χ1v) is 11.8. The molecule has 0 unspecified atom stereocenters. The van der Waals surface area contributed by atoms with Gasteiger partial charge in [0.1, 0.15) is 11.5 Å². The fourth-order valence-corrected chi connectivity index (χ4v) is 3.14. The van der Waals surface area contributed by atoms with Crippen LogP contribution in [0, 0.1) is 0 Å². The number of halogens is 8. The second-order valence-corrected chi connectivity index (χ2v) is 8.26. The number of hydrogen-bond donors (Lipinski definition) is 2. The highest BCUT2D eigenvalue weighted by atomic mass is 19.3. The summed E-state index contributed by atoms with van der Waals surface area (Å²) < 4.78 is 108. The molecule has 2 rings (SSSR count). The molecule has 216 valence electrons. The fourth-order valence-electron chi connectivity index (χ4n) is 3.14. The number of carbonyl (C=O) groups is 2. The van der Waals surface area contributed by atoms with Crippen molar-refractivity contribution >= 4 is 11.8 Å². The molecule has 6 nitrogen and oxygen atoms in total. The predicted octanol–water partition coefficient (Wildman–Crippen LogP) is 6.27. The van der Waals surface area contributed by atoms with Crippen LogP contribution < -0.4 is 20.1 Å². The minimum absolute atomic E-state index is 0.145. The van der Waals surface area contributed by atoms with Crippen LogP contribution >= 0.6 is 0 Å². The van der Waals surface area contributed by atoms with Gasteiger partial charge in [-0.1, -0.05) is 19.3 Å². The summed E-state index contributed by atoms with van der Waals surface area (Å²) in [6.45, 7) is 0.695. The molecule has 0 aliphatic heterocycles. The summed E-state index contributed by atoms with van der Waals surface area (Å²) in [5.41, 5.74) is 0.290. The molecule has 0 atom stereocenters. The number of alkyl halides is 8. The van der Waals surface area contributed by atoms with Gasteiger partial charge in [0, 0.05) is 24.2 Å². The van der Waals surface area contributed by atoms with E-state index in [0.29, 0.717) is 25.9 Å². The molecule has 2 amide bonds. The number of amides is 2. The average molecular weight is 570 g/mol. The van der Waals surface area contributed by atoms with E-state index in [1.807, 2.05) is 0 Å². The number of hydrogen-bond acceptors (Lipinski definition) is 4. The number of unbranched alkanes of at least 4 members (excludes halogenated alkanes) is 4. The first-order valence-electron chi connectivity index (χ1n) is 11.8. The van der Waals surface area contributed by atoms with Crippen molar-refractivity contribution in [2.75, 3.05) is 13.1 Å². The predicted molar refractivity (Wildman–Crippen MR) is 124 cm³/mol. The summed E-state index contributed by atoms with van der Waals surface area (Å²) in [7, 11) is 0. The number of rotatable bonds is 16. The van der Waals surface area contributed by atoms with E-state index in [2.05, 4.69) is 20.1 Å². The largest absolute Gasteiger partial charge is 0.461 e.